The SMILES string of the molecule is O=C(O)CCCNC(=O)N1CCCC1Cn1cnc2ccccc21. The third-order valence-corrected chi connectivity index (χ3v) is 4.42. The van der Waals surface area contributed by atoms with E-state index < -0.39 is 5.97 Å². The first-order valence-corrected chi connectivity index (χ1v) is 8.31. The molecule has 2 N–H and O–H groups in total. The minimum Gasteiger partial charge on any atom is -0.481 e. The van der Waals surface area contributed by atoms with Crippen LogP contribution in [0.3, 0.4) is 0 Å². The average molecular weight is 330 g/mol. The van der Waals surface area contributed by atoms with Crippen molar-refractivity contribution in [3.05, 3.63) is 30.6 Å². The topological polar surface area (TPSA) is 87.5 Å². The maximum absolute atomic E-state index is 12.3. The highest BCUT2D eigenvalue weighted by Gasteiger charge is 2.29. The summed E-state index contributed by atoms with van der Waals surface area (Å²) in [5.74, 6) is -0.838. The summed E-state index contributed by atoms with van der Waals surface area (Å²) < 4.78 is 2.09. The number of carbonyl (C=O) groups is 2. The van der Waals surface area contributed by atoms with Gasteiger partial charge >= 0.3 is 12.0 Å². The summed E-state index contributed by atoms with van der Waals surface area (Å²) in [6, 6.07) is 8.00. The van der Waals surface area contributed by atoms with Crippen LogP contribution in [0, 0.1) is 0 Å². The van der Waals surface area contributed by atoms with Crippen molar-refractivity contribution >= 4 is 23.0 Å². The summed E-state index contributed by atoms with van der Waals surface area (Å²) in [5, 5.41) is 11.5. The number of aliphatic carboxylic acids is 1. The van der Waals surface area contributed by atoms with Gasteiger partial charge in [0.15, 0.2) is 0 Å². The number of imidazole rings is 1. The van der Waals surface area contributed by atoms with E-state index in [9.17, 15) is 9.59 Å². The van der Waals surface area contributed by atoms with Crippen LogP contribution in [0.25, 0.3) is 11.0 Å². The van der Waals surface area contributed by atoms with E-state index >= 15 is 0 Å². The first kappa shape index (κ1) is 16.3. The number of carboxylic acids is 1. The summed E-state index contributed by atoms with van der Waals surface area (Å²) in [6.45, 7) is 1.85. The average Bonchev–Trinajstić information content (AvgIpc) is 3.19. The highest BCUT2D eigenvalue weighted by Crippen LogP contribution is 2.21. The van der Waals surface area contributed by atoms with Crippen molar-refractivity contribution in [2.75, 3.05) is 13.1 Å². The lowest BCUT2D eigenvalue weighted by atomic mass is 10.2. The van der Waals surface area contributed by atoms with Crippen molar-refractivity contribution in [2.24, 2.45) is 0 Å². The first-order chi connectivity index (χ1) is 11.6. The number of hydrogen-bond donors (Lipinski definition) is 2. The van der Waals surface area contributed by atoms with Crippen molar-refractivity contribution in [3.8, 4) is 0 Å². The van der Waals surface area contributed by atoms with Crippen LogP contribution in [0.4, 0.5) is 4.79 Å². The highest BCUT2D eigenvalue weighted by molar-refractivity contribution is 5.76. The maximum atomic E-state index is 12.3. The summed E-state index contributed by atoms with van der Waals surface area (Å²) in [6.07, 6.45) is 4.30. The molecule has 0 aliphatic carbocycles. The van der Waals surface area contributed by atoms with Gasteiger partial charge in [0.05, 0.1) is 23.4 Å². The molecule has 7 nitrogen and oxygen atoms in total. The maximum Gasteiger partial charge on any atom is 0.317 e. The van der Waals surface area contributed by atoms with Gasteiger partial charge in [-0.3, -0.25) is 4.79 Å². The number of nitrogens with one attached hydrogen (secondary N) is 1. The molecule has 3 rings (SSSR count). The lowest BCUT2D eigenvalue weighted by molar-refractivity contribution is -0.137. The predicted octanol–water partition coefficient (Wildman–Crippen LogP) is 2.08. The van der Waals surface area contributed by atoms with Crippen molar-refractivity contribution in [1.82, 2.24) is 19.8 Å². The fourth-order valence-corrected chi connectivity index (χ4v) is 3.21. The zero-order valence-corrected chi connectivity index (χ0v) is 13.5. The molecule has 0 bridgehead atoms. The molecule has 7 heteroatoms. The molecule has 2 amide bonds. The van der Waals surface area contributed by atoms with Crippen LogP contribution in [-0.4, -0.2) is 50.7 Å². The number of rotatable bonds is 6. The fourth-order valence-electron chi connectivity index (χ4n) is 3.21. The van der Waals surface area contributed by atoms with Crippen LogP contribution in [0.2, 0.25) is 0 Å². The molecule has 1 aromatic carbocycles. The lowest BCUT2D eigenvalue weighted by Gasteiger charge is -2.25. The molecule has 2 aromatic rings. The molecule has 128 valence electrons. The summed E-state index contributed by atoms with van der Waals surface area (Å²) in [7, 11) is 0. The molecule has 1 aliphatic rings. The first-order valence-electron chi connectivity index (χ1n) is 8.31. The predicted molar refractivity (Wildman–Crippen MR) is 89.7 cm³/mol. The van der Waals surface area contributed by atoms with Gasteiger partial charge in [0.2, 0.25) is 0 Å². The second kappa shape index (κ2) is 7.33. The normalized spacial score (nSPS) is 17.3. The Hall–Kier alpha value is -2.57. The highest BCUT2D eigenvalue weighted by atomic mass is 16.4. The largest absolute Gasteiger partial charge is 0.481 e. The van der Waals surface area contributed by atoms with E-state index in [1.165, 1.54) is 0 Å². The van der Waals surface area contributed by atoms with Gasteiger partial charge in [-0.1, -0.05) is 12.1 Å². The van der Waals surface area contributed by atoms with Crippen LogP contribution >= 0.6 is 0 Å². The molecule has 0 radical (unpaired) electrons. The third-order valence-electron chi connectivity index (χ3n) is 4.42. The zero-order chi connectivity index (χ0) is 16.9. The number of nitrogens with zero attached hydrogens (tertiary/aromatic N) is 3. The van der Waals surface area contributed by atoms with Gasteiger partial charge < -0.3 is 19.9 Å². The van der Waals surface area contributed by atoms with Crippen molar-refractivity contribution in [1.29, 1.82) is 0 Å². The Balaban J connectivity index is 1.59. The third kappa shape index (κ3) is 3.67. The fraction of sp³-hybridized carbons (Fsp3) is 0.471. The number of urea groups is 1. The van der Waals surface area contributed by atoms with Gasteiger partial charge in [-0.05, 0) is 31.4 Å². The number of fused-ring (bicyclic) bond motifs is 1. The van der Waals surface area contributed by atoms with Gasteiger partial charge in [-0.25, -0.2) is 9.78 Å². The van der Waals surface area contributed by atoms with Gasteiger partial charge in [0.25, 0.3) is 0 Å². The molecule has 1 fully saturated rings. The Morgan fingerprint density at radius 3 is 3.00 bits per heavy atom. The Labute approximate surface area is 140 Å². The van der Waals surface area contributed by atoms with Gasteiger partial charge in [0, 0.05) is 26.1 Å². The van der Waals surface area contributed by atoms with Gasteiger partial charge in [-0.2, -0.15) is 0 Å². The van der Waals surface area contributed by atoms with Crippen molar-refractivity contribution in [2.45, 2.75) is 38.3 Å². The van der Waals surface area contributed by atoms with E-state index in [0.29, 0.717) is 13.0 Å². The van der Waals surface area contributed by atoms with E-state index in [1.54, 1.807) is 0 Å². The second-order valence-corrected chi connectivity index (χ2v) is 6.10. The zero-order valence-electron chi connectivity index (χ0n) is 13.5. The molecule has 1 saturated heterocycles. The minimum absolute atomic E-state index is 0.0741. The molecule has 1 unspecified atom stereocenters. The van der Waals surface area contributed by atoms with E-state index in [-0.39, 0.29) is 18.5 Å². The Morgan fingerprint density at radius 2 is 2.17 bits per heavy atom. The number of aromatic nitrogens is 2. The van der Waals surface area contributed by atoms with Gasteiger partial charge in [-0.15, -0.1) is 0 Å². The van der Waals surface area contributed by atoms with Crippen LogP contribution in [0.1, 0.15) is 25.7 Å². The number of benzene rings is 1. The molecule has 1 aliphatic heterocycles. The van der Waals surface area contributed by atoms with E-state index in [2.05, 4.69) is 14.9 Å². The summed E-state index contributed by atoms with van der Waals surface area (Å²) in [4.78, 5) is 29.1. The molecule has 1 aromatic heterocycles. The monoisotopic (exact) mass is 330 g/mol. The Bertz CT molecular complexity index is 727. The molecular weight excluding hydrogens is 308 g/mol. The molecule has 24 heavy (non-hydrogen) atoms. The number of carbonyl (C=O) groups excluding carboxylic acids is 1. The van der Waals surface area contributed by atoms with Crippen molar-refractivity contribution in [3.63, 3.8) is 0 Å². The Kier molecular flexibility index (Phi) is 4.98. The Morgan fingerprint density at radius 1 is 1.33 bits per heavy atom. The molecule has 2 heterocycles. The van der Waals surface area contributed by atoms with E-state index in [0.717, 1.165) is 37.0 Å². The number of carboxylic acid groups (broad SMARTS) is 1. The smallest absolute Gasteiger partial charge is 0.317 e. The molecular formula is C17H22N4O3. The quantitative estimate of drug-likeness (QED) is 0.794. The standard InChI is InChI=1S/C17H22N4O3/c22-16(23)8-3-9-18-17(24)21-10-4-5-13(21)11-20-12-19-14-6-1-2-7-15(14)20/h1-2,6-7,12-13H,3-5,8-11H2,(H,18,24)(H,22,23). The van der Waals surface area contributed by atoms with E-state index in [4.69, 9.17) is 5.11 Å². The van der Waals surface area contributed by atoms with Crippen molar-refractivity contribution < 1.29 is 14.7 Å². The number of hydrogen-bond acceptors (Lipinski definition) is 3. The number of para-hydroxylation sites is 2. The summed E-state index contributed by atoms with van der Waals surface area (Å²) >= 11 is 0. The lowest BCUT2D eigenvalue weighted by Crippen LogP contribution is -2.44. The molecule has 1 atom stereocenters. The van der Waals surface area contributed by atoms with E-state index in [1.807, 2.05) is 35.5 Å². The number of amides is 2. The van der Waals surface area contributed by atoms with Crippen LogP contribution in [-0.2, 0) is 11.3 Å². The van der Waals surface area contributed by atoms with Crippen LogP contribution in [0.15, 0.2) is 30.6 Å². The van der Waals surface area contributed by atoms with Crippen LogP contribution < -0.4 is 5.32 Å². The van der Waals surface area contributed by atoms with Crippen LogP contribution in [0.5, 0.6) is 0 Å². The number of likely N-dealkylation sites (tertiary alicyclic amines) is 1. The second-order valence-electron chi connectivity index (χ2n) is 6.10. The van der Waals surface area contributed by atoms with Gasteiger partial charge in [0.1, 0.15) is 0 Å². The summed E-state index contributed by atoms with van der Waals surface area (Å²) in [5.41, 5.74) is 2.03. The molecule has 0 saturated carbocycles. The molecule has 0 spiro atoms. The minimum atomic E-state index is -0.838.